The van der Waals surface area contributed by atoms with Crippen molar-refractivity contribution in [3.05, 3.63) is 219 Å². The van der Waals surface area contributed by atoms with Crippen LogP contribution in [0.15, 0.2) is 219 Å². The summed E-state index contributed by atoms with van der Waals surface area (Å²) in [6.07, 6.45) is 7.55. The first-order valence-electron chi connectivity index (χ1n) is 20.7. The zero-order valence-corrected chi connectivity index (χ0v) is 33.1. The van der Waals surface area contributed by atoms with Gasteiger partial charge in [0.05, 0.1) is 11.0 Å². The number of rotatable bonds is 6. The highest BCUT2D eigenvalue weighted by Gasteiger charge is 2.22. The maximum Gasteiger partial charge on any atom is 0.145 e. The number of para-hydroxylation sites is 3. The molecule has 0 bridgehead atoms. The van der Waals surface area contributed by atoms with E-state index in [1.54, 1.807) is 0 Å². The molecule has 61 heavy (non-hydrogen) atoms. The van der Waals surface area contributed by atoms with E-state index in [0.717, 1.165) is 44.8 Å². The Morgan fingerprint density at radius 2 is 0.738 bits per heavy atom. The predicted octanol–water partition coefficient (Wildman–Crippen LogP) is 14.8. The molecule has 0 spiro atoms. The Hall–Kier alpha value is -8.21. The fourth-order valence-corrected chi connectivity index (χ4v) is 9.62. The molecule has 0 amide bonds. The summed E-state index contributed by atoms with van der Waals surface area (Å²) in [4.78, 5) is 14.0. The first kappa shape index (κ1) is 34.8. The molecule has 3 heterocycles. The SMILES string of the molecule is c1ccc(-n2c(-c3cccc(-c4c5ccccc5c(-c5ccc6c(-c7ccncc7)c7ccccc7c(-c7ccncc7)c6c5)c5ccccc45)c3)nc3ccccc32)cc1. The third kappa shape index (κ3) is 5.65. The second kappa shape index (κ2) is 14.3. The van der Waals surface area contributed by atoms with Crippen LogP contribution >= 0.6 is 0 Å². The highest BCUT2D eigenvalue weighted by Crippen LogP contribution is 2.48. The average molecular weight is 777 g/mol. The van der Waals surface area contributed by atoms with Gasteiger partial charge in [0.15, 0.2) is 0 Å². The van der Waals surface area contributed by atoms with Crippen LogP contribution in [-0.4, -0.2) is 19.5 Å². The third-order valence-corrected chi connectivity index (χ3v) is 12.2. The van der Waals surface area contributed by atoms with E-state index < -0.39 is 0 Å². The van der Waals surface area contributed by atoms with Crippen LogP contribution in [0.2, 0.25) is 0 Å². The van der Waals surface area contributed by atoms with Crippen LogP contribution in [0.4, 0.5) is 0 Å². The molecule has 12 rings (SSSR count). The lowest BCUT2D eigenvalue weighted by Gasteiger charge is -2.21. The molecule has 12 aromatic rings. The Labute approximate surface area is 352 Å². The molecular formula is C57H36N4. The molecule has 3 aromatic heterocycles. The van der Waals surface area contributed by atoms with Gasteiger partial charge in [0.2, 0.25) is 0 Å². The number of hydrogen-bond acceptors (Lipinski definition) is 3. The van der Waals surface area contributed by atoms with Gasteiger partial charge in [-0.25, -0.2) is 4.98 Å². The molecule has 0 N–H and O–H groups in total. The number of benzene rings is 9. The first-order chi connectivity index (χ1) is 30.3. The van der Waals surface area contributed by atoms with Gasteiger partial charge in [-0.05, 0) is 148 Å². The Morgan fingerprint density at radius 3 is 1.31 bits per heavy atom. The Bertz CT molecular complexity index is 3570. The van der Waals surface area contributed by atoms with Gasteiger partial charge >= 0.3 is 0 Å². The van der Waals surface area contributed by atoms with Crippen LogP contribution in [0.25, 0.3) is 116 Å². The number of pyridine rings is 2. The molecule has 284 valence electrons. The standard InChI is InChI=1S/C57H36N4/c1-2-15-42(16-3-1)61-52-24-11-10-23-51(52)60-57(61)41-14-12-13-39(35-41)55-45-19-6-8-21-47(45)56(48-22-9-7-20-46(48)55)40-25-26-49-50(36-40)54(38-29-33-59-34-30-38)44-18-5-4-17-43(44)53(49)37-27-31-58-32-28-37/h1-36H. The lowest BCUT2D eigenvalue weighted by atomic mass is 9.83. The summed E-state index contributed by atoms with van der Waals surface area (Å²) in [6.45, 7) is 0. The smallest absolute Gasteiger partial charge is 0.145 e. The Morgan fingerprint density at radius 1 is 0.295 bits per heavy atom. The van der Waals surface area contributed by atoms with Crippen LogP contribution < -0.4 is 0 Å². The topological polar surface area (TPSA) is 43.6 Å². The van der Waals surface area contributed by atoms with Crippen LogP contribution in [0.3, 0.4) is 0 Å². The zero-order chi connectivity index (χ0) is 40.3. The van der Waals surface area contributed by atoms with E-state index in [-0.39, 0.29) is 0 Å². The van der Waals surface area contributed by atoms with Crippen molar-refractivity contribution in [2.45, 2.75) is 0 Å². The summed E-state index contributed by atoms with van der Waals surface area (Å²) >= 11 is 0. The van der Waals surface area contributed by atoms with E-state index in [9.17, 15) is 0 Å². The number of hydrogen-bond donors (Lipinski definition) is 0. The van der Waals surface area contributed by atoms with E-state index in [1.807, 2.05) is 24.8 Å². The maximum absolute atomic E-state index is 5.23. The highest BCUT2D eigenvalue weighted by molar-refractivity contribution is 6.25. The molecule has 0 fully saturated rings. The molecule has 0 aliphatic heterocycles. The predicted molar refractivity (Wildman–Crippen MR) is 254 cm³/mol. The summed E-state index contributed by atoms with van der Waals surface area (Å²) in [6, 6.07) is 70.0. The van der Waals surface area contributed by atoms with Crippen molar-refractivity contribution in [1.29, 1.82) is 0 Å². The summed E-state index contributed by atoms with van der Waals surface area (Å²) < 4.78 is 2.27. The van der Waals surface area contributed by atoms with Gasteiger partial charge in [0, 0.05) is 36.0 Å². The molecule has 0 saturated carbocycles. The second-order valence-corrected chi connectivity index (χ2v) is 15.5. The lowest BCUT2D eigenvalue weighted by molar-refractivity contribution is 1.10. The fourth-order valence-electron chi connectivity index (χ4n) is 9.62. The Balaban J connectivity index is 1.12. The van der Waals surface area contributed by atoms with E-state index >= 15 is 0 Å². The average Bonchev–Trinajstić information content (AvgIpc) is 3.73. The molecule has 0 aliphatic carbocycles. The minimum Gasteiger partial charge on any atom is -0.292 e. The summed E-state index contributed by atoms with van der Waals surface area (Å²) in [5.74, 6) is 0.916. The Kier molecular flexibility index (Phi) is 8.13. The zero-order valence-electron chi connectivity index (χ0n) is 33.1. The normalized spacial score (nSPS) is 11.6. The third-order valence-electron chi connectivity index (χ3n) is 12.2. The molecule has 4 nitrogen and oxygen atoms in total. The van der Waals surface area contributed by atoms with E-state index in [1.165, 1.54) is 70.9 Å². The minimum absolute atomic E-state index is 0.916. The van der Waals surface area contributed by atoms with Gasteiger partial charge in [-0.3, -0.25) is 14.5 Å². The molecule has 4 heteroatoms. The molecule has 0 unspecified atom stereocenters. The quantitative estimate of drug-likeness (QED) is 0.158. The number of fused-ring (bicyclic) bond motifs is 5. The van der Waals surface area contributed by atoms with Crippen molar-refractivity contribution >= 4 is 54.1 Å². The van der Waals surface area contributed by atoms with E-state index in [0.29, 0.717) is 0 Å². The fraction of sp³-hybridized carbons (Fsp3) is 0. The van der Waals surface area contributed by atoms with Crippen molar-refractivity contribution in [2.75, 3.05) is 0 Å². The monoisotopic (exact) mass is 776 g/mol. The van der Waals surface area contributed by atoms with Gasteiger partial charge in [-0.1, -0.05) is 133 Å². The summed E-state index contributed by atoms with van der Waals surface area (Å²) in [5.41, 5.74) is 13.6. The molecule has 0 radical (unpaired) electrons. The summed E-state index contributed by atoms with van der Waals surface area (Å²) in [5, 5.41) is 9.63. The van der Waals surface area contributed by atoms with Gasteiger partial charge in [0.1, 0.15) is 5.82 Å². The van der Waals surface area contributed by atoms with Gasteiger partial charge < -0.3 is 0 Å². The molecule has 0 atom stereocenters. The van der Waals surface area contributed by atoms with Crippen molar-refractivity contribution in [3.8, 4) is 61.6 Å². The molecule has 0 aliphatic rings. The first-order valence-corrected chi connectivity index (χ1v) is 20.7. The van der Waals surface area contributed by atoms with Crippen molar-refractivity contribution in [3.63, 3.8) is 0 Å². The molecule has 0 saturated heterocycles. The van der Waals surface area contributed by atoms with Crippen LogP contribution in [0.5, 0.6) is 0 Å². The maximum atomic E-state index is 5.23. The number of aromatic nitrogens is 4. The van der Waals surface area contributed by atoms with Crippen LogP contribution in [0.1, 0.15) is 0 Å². The number of nitrogens with zero attached hydrogens (tertiary/aromatic N) is 4. The van der Waals surface area contributed by atoms with Gasteiger partial charge in [0.25, 0.3) is 0 Å². The largest absolute Gasteiger partial charge is 0.292 e. The highest BCUT2D eigenvalue weighted by atomic mass is 15.1. The second-order valence-electron chi connectivity index (χ2n) is 15.5. The van der Waals surface area contributed by atoms with Crippen LogP contribution in [-0.2, 0) is 0 Å². The van der Waals surface area contributed by atoms with E-state index in [4.69, 9.17) is 4.98 Å². The summed E-state index contributed by atoms with van der Waals surface area (Å²) in [7, 11) is 0. The van der Waals surface area contributed by atoms with Crippen LogP contribution in [0, 0.1) is 0 Å². The van der Waals surface area contributed by atoms with Crippen molar-refractivity contribution in [1.82, 2.24) is 19.5 Å². The van der Waals surface area contributed by atoms with Gasteiger partial charge in [-0.15, -0.1) is 0 Å². The lowest BCUT2D eigenvalue weighted by Crippen LogP contribution is -1.97. The minimum atomic E-state index is 0.916. The van der Waals surface area contributed by atoms with E-state index in [2.05, 4.69) is 209 Å². The van der Waals surface area contributed by atoms with Crippen molar-refractivity contribution < 1.29 is 0 Å². The molecular weight excluding hydrogens is 741 g/mol. The van der Waals surface area contributed by atoms with Crippen molar-refractivity contribution in [2.24, 2.45) is 0 Å². The molecule has 9 aromatic carbocycles. The van der Waals surface area contributed by atoms with Gasteiger partial charge in [-0.2, -0.15) is 0 Å². The number of imidazole rings is 1.